The van der Waals surface area contributed by atoms with E-state index in [0.29, 0.717) is 16.9 Å². The highest BCUT2D eigenvalue weighted by molar-refractivity contribution is 5.58. The van der Waals surface area contributed by atoms with Crippen molar-refractivity contribution in [2.75, 3.05) is 6.61 Å². The molecule has 0 N–H and O–H groups in total. The van der Waals surface area contributed by atoms with Crippen molar-refractivity contribution in [3.05, 3.63) is 36.5 Å². The number of aromatic nitrogens is 5. The summed E-state index contributed by atoms with van der Waals surface area (Å²) in [6.07, 6.45) is -1.47. The van der Waals surface area contributed by atoms with E-state index in [-0.39, 0.29) is 11.7 Å². The van der Waals surface area contributed by atoms with Crippen LogP contribution in [0.1, 0.15) is 18.9 Å². The van der Waals surface area contributed by atoms with Crippen molar-refractivity contribution >= 4 is 5.65 Å². The van der Waals surface area contributed by atoms with E-state index >= 15 is 0 Å². The molecule has 10 heteroatoms. The molecule has 0 bridgehead atoms. The molecule has 1 unspecified atom stereocenters. The number of pyridine rings is 1. The lowest BCUT2D eigenvalue weighted by Gasteiger charge is -2.08. The topological polar surface area (TPSA) is 65.2 Å². The minimum Gasteiger partial charge on any atom is -0.468 e. The van der Waals surface area contributed by atoms with Crippen LogP contribution >= 0.6 is 0 Å². The van der Waals surface area contributed by atoms with Crippen LogP contribution in [0.25, 0.3) is 16.9 Å². The van der Waals surface area contributed by atoms with Crippen molar-refractivity contribution < 1.29 is 22.3 Å². The Labute approximate surface area is 133 Å². The summed E-state index contributed by atoms with van der Waals surface area (Å²) in [5.41, 5.74) is 1.36. The Morgan fingerprint density at radius 2 is 1.96 bits per heavy atom. The molecule has 6 nitrogen and oxygen atoms in total. The molecule has 0 fully saturated rings. The van der Waals surface area contributed by atoms with Gasteiger partial charge in [0.25, 0.3) is 0 Å². The molecule has 0 radical (unpaired) electrons. The third-order valence-corrected chi connectivity index (χ3v) is 3.09. The van der Waals surface area contributed by atoms with Crippen LogP contribution in [0.3, 0.4) is 0 Å². The molecule has 3 aromatic rings. The second-order valence-corrected chi connectivity index (χ2v) is 4.96. The largest absolute Gasteiger partial charge is 0.468 e. The molecule has 126 valence electrons. The molecular formula is C14H11F4N5O. The zero-order valence-electron chi connectivity index (χ0n) is 12.3. The Bertz CT molecular complexity index is 844. The Kier molecular flexibility index (Phi) is 4.04. The zero-order chi connectivity index (χ0) is 17.3. The third-order valence-electron chi connectivity index (χ3n) is 3.09. The van der Waals surface area contributed by atoms with Crippen LogP contribution in [0.15, 0.2) is 30.7 Å². The zero-order valence-corrected chi connectivity index (χ0v) is 12.3. The monoisotopic (exact) mass is 341 g/mol. The summed E-state index contributed by atoms with van der Waals surface area (Å²) >= 11 is 0. The maximum absolute atomic E-state index is 13.5. The highest BCUT2D eigenvalue weighted by Gasteiger charge is 2.28. The van der Waals surface area contributed by atoms with Gasteiger partial charge in [0.05, 0.1) is 11.9 Å². The molecule has 0 amide bonds. The van der Waals surface area contributed by atoms with E-state index in [4.69, 9.17) is 0 Å². The van der Waals surface area contributed by atoms with Crippen LogP contribution in [0, 0.1) is 0 Å². The Morgan fingerprint density at radius 3 is 2.58 bits per heavy atom. The number of fused-ring (bicyclic) bond motifs is 1. The molecule has 0 aromatic carbocycles. The number of hydrogen-bond acceptors (Lipinski definition) is 5. The van der Waals surface area contributed by atoms with Crippen molar-refractivity contribution in [1.82, 2.24) is 24.6 Å². The van der Waals surface area contributed by atoms with Crippen molar-refractivity contribution in [1.29, 1.82) is 0 Å². The average molecular weight is 341 g/mol. The minimum atomic E-state index is -4.43. The smallest absolute Gasteiger partial charge is 0.422 e. The summed E-state index contributed by atoms with van der Waals surface area (Å²) in [4.78, 5) is 7.96. The Morgan fingerprint density at radius 1 is 1.17 bits per heavy atom. The summed E-state index contributed by atoms with van der Waals surface area (Å²) < 4.78 is 55.8. The van der Waals surface area contributed by atoms with Crippen LogP contribution in [0.2, 0.25) is 0 Å². The quantitative estimate of drug-likeness (QED) is 0.682. The van der Waals surface area contributed by atoms with Crippen LogP contribution in [-0.4, -0.2) is 37.3 Å². The fourth-order valence-corrected chi connectivity index (χ4v) is 2.01. The van der Waals surface area contributed by atoms with Gasteiger partial charge < -0.3 is 4.74 Å². The van der Waals surface area contributed by atoms with Gasteiger partial charge in [0.1, 0.15) is 0 Å². The van der Waals surface area contributed by atoms with Gasteiger partial charge >= 0.3 is 6.18 Å². The first-order valence-electron chi connectivity index (χ1n) is 6.84. The lowest BCUT2D eigenvalue weighted by Crippen LogP contribution is -2.19. The van der Waals surface area contributed by atoms with E-state index < -0.39 is 19.0 Å². The number of rotatable bonds is 4. The summed E-state index contributed by atoms with van der Waals surface area (Å²) in [6, 6.07) is 2.81. The Hall–Kier alpha value is -2.78. The predicted molar refractivity (Wildman–Crippen MR) is 75.1 cm³/mol. The molecule has 0 aliphatic carbocycles. The van der Waals surface area contributed by atoms with Crippen molar-refractivity contribution in [3.63, 3.8) is 0 Å². The summed E-state index contributed by atoms with van der Waals surface area (Å²) in [5.74, 6) is -0.0220. The van der Waals surface area contributed by atoms with Crippen LogP contribution in [-0.2, 0) is 0 Å². The molecule has 0 saturated carbocycles. The second kappa shape index (κ2) is 6.02. The van der Waals surface area contributed by atoms with Crippen LogP contribution in [0.4, 0.5) is 17.6 Å². The van der Waals surface area contributed by atoms with E-state index in [2.05, 4.69) is 24.9 Å². The fraction of sp³-hybridized carbons (Fsp3) is 0.286. The van der Waals surface area contributed by atoms with Crippen LogP contribution < -0.4 is 4.74 Å². The highest BCUT2D eigenvalue weighted by atomic mass is 19.4. The molecule has 1 atom stereocenters. The first-order chi connectivity index (χ1) is 11.3. The molecule has 3 aromatic heterocycles. The molecule has 3 rings (SSSR count). The average Bonchev–Trinajstić information content (AvgIpc) is 2.96. The first-order valence-corrected chi connectivity index (χ1v) is 6.84. The van der Waals surface area contributed by atoms with Gasteiger partial charge in [-0.3, -0.25) is 9.38 Å². The van der Waals surface area contributed by atoms with Gasteiger partial charge in [-0.2, -0.15) is 13.2 Å². The lowest BCUT2D eigenvalue weighted by molar-refractivity contribution is -0.154. The van der Waals surface area contributed by atoms with Gasteiger partial charge in [0.2, 0.25) is 5.88 Å². The van der Waals surface area contributed by atoms with Crippen molar-refractivity contribution in [2.45, 2.75) is 19.3 Å². The molecular weight excluding hydrogens is 330 g/mol. The number of nitrogens with zero attached hydrogens (tertiary/aromatic N) is 5. The van der Waals surface area contributed by atoms with Gasteiger partial charge in [-0.05, 0) is 13.0 Å². The predicted octanol–water partition coefficient (Wildman–Crippen LogP) is 3.16. The van der Waals surface area contributed by atoms with E-state index in [1.54, 1.807) is 0 Å². The maximum Gasteiger partial charge on any atom is 0.422 e. The number of alkyl halides is 4. The molecule has 0 aliphatic rings. The SMILES string of the molecule is CC(F)c1nnc2cnc(-c3ccc(OCC(F)(F)F)nc3)cn12. The number of halogens is 4. The highest BCUT2D eigenvalue weighted by Crippen LogP contribution is 2.22. The Balaban J connectivity index is 1.86. The van der Waals surface area contributed by atoms with Crippen molar-refractivity contribution in [2.24, 2.45) is 0 Å². The minimum absolute atomic E-state index is 0.131. The summed E-state index contributed by atoms with van der Waals surface area (Å²) in [5, 5.41) is 7.55. The number of hydrogen-bond donors (Lipinski definition) is 0. The van der Waals surface area contributed by atoms with Gasteiger partial charge in [-0.15, -0.1) is 10.2 Å². The summed E-state index contributed by atoms with van der Waals surface area (Å²) in [6.45, 7) is -0.0765. The van der Waals surface area contributed by atoms with E-state index in [9.17, 15) is 17.6 Å². The van der Waals surface area contributed by atoms with E-state index in [1.165, 1.54) is 42.0 Å². The van der Waals surface area contributed by atoms with E-state index in [1.807, 2.05) is 0 Å². The van der Waals surface area contributed by atoms with Crippen LogP contribution in [0.5, 0.6) is 5.88 Å². The molecule has 24 heavy (non-hydrogen) atoms. The van der Waals surface area contributed by atoms with E-state index in [0.717, 1.165) is 0 Å². The van der Waals surface area contributed by atoms with Crippen molar-refractivity contribution in [3.8, 4) is 17.1 Å². The lowest BCUT2D eigenvalue weighted by atomic mass is 10.2. The number of ether oxygens (including phenoxy) is 1. The fourth-order valence-electron chi connectivity index (χ4n) is 2.01. The summed E-state index contributed by atoms with van der Waals surface area (Å²) in [7, 11) is 0. The molecule has 0 saturated heterocycles. The normalized spacial score (nSPS) is 13.2. The van der Waals surface area contributed by atoms with Gasteiger partial charge in [-0.1, -0.05) is 0 Å². The molecule has 0 spiro atoms. The molecule has 3 heterocycles. The van der Waals surface area contributed by atoms with Gasteiger partial charge in [-0.25, -0.2) is 9.37 Å². The third kappa shape index (κ3) is 3.42. The first kappa shape index (κ1) is 16.1. The van der Waals surface area contributed by atoms with Gasteiger partial charge in [0.15, 0.2) is 24.3 Å². The standard InChI is InChI=1S/C14H11F4N5O/c1-8(15)13-22-21-11-5-19-10(6-23(11)13)9-2-3-12(20-4-9)24-7-14(16,17)18/h2-6,8H,7H2,1H3. The van der Waals surface area contributed by atoms with Gasteiger partial charge in [0, 0.05) is 24.0 Å². The maximum atomic E-state index is 13.5. The molecule has 0 aliphatic heterocycles. The second-order valence-electron chi connectivity index (χ2n) is 4.96.